The zero-order chi connectivity index (χ0) is 10.1. The summed E-state index contributed by atoms with van der Waals surface area (Å²) in [6.45, 7) is 0. The molecule has 0 aliphatic carbocycles. The molecular formula is C12H9N3. The fraction of sp³-hybridized carbons (Fsp3) is 0. The van der Waals surface area contributed by atoms with E-state index in [4.69, 9.17) is 0 Å². The largest absolute Gasteiger partial charge is 0.306 e. The molecule has 0 aliphatic rings. The number of aromatic nitrogens is 3. The summed E-state index contributed by atoms with van der Waals surface area (Å²) < 4.78 is 2.00. The maximum absolute atomic E-state index is 4.39. The van der Waals surface area contributed by atoms with Crippen LogP contribution in [0.1, 0.15) is 0 Å². The first-order valence-corrected chi connectivity index (χ1v) is 4.77. The van der Waals surface area contributed by atoms with Gasteiger partial charge in [0.05, 0.1) is 17.5 Å². The van der Waals surface area contributed by atoms with E-state index in [9.17, 15) is 0 Å². The normalized spacial score (nSPS) is 10.7. The summed E-state index contributed by atoms with van der Waals surface area (Å²) in [6.07, 6.45) is 7.40. The van der Waals surface area contributed by atoms with Crippen molar-refractivity contribution in [2.45, 2.75) is 0 Å². The summed E-state index contributed by atoms with van der Waals surface area (Å²) in [6, 6.07) is 9.99. The van der Waals surface area contributed by atoms with Crippen LogP contribution in [-0.4, -0.2) is 14.4 Å². The molecule has 0 spiro atoms. The minimum Gasteiger partial charge on any atom is -0.306 e. The topological polar surface area (TPSA) is 30.2 Å². The fourth-order valence-corrected chi connectivity index (χ4v) is 1.67. The van der Waals surface area contributed by atoms with E-state index in [-0.39, 0.29) is 0 Å². The first kappa shape index (κ1) is 8.17. The number of rotatable bonds is 1. The molecule has 3 heterocycles. The van der Waals surface area contributed by atoms with Gasteiger partial charge in [0.2, 0.25) is 0 Å². The standard InChI is InChI=1S/C12H9N3/c1-2-7-15-9-14-12(11(15)5-1)10-4-3-6-13-8-10/h1-9H. The highest BCUT2D eigenvalue weighted by Crippen LogP contribution is 2.21. The van der Waals surface area contributed by atoms with Crippen molar-refractivity contribution in [2.75, 3.05) is 0 Å². The summed E-state index contributed by atoms with van der Waals surface area (Å²) in [5.41, 5.74) is 3.13. The van der Waals surface area contributed by atoms with Crippen LogP contribution in [-0.2, 0) is 0 Å². The molecule has 0 radical (unpaired) electrons. The molecule has 0 saturated heterocycles. The molecule has 0 N–H and O–H groups in total. The predicted octanol–water partition coefficient (Wildman–Crippen LogP) is 2.40. The Labute approximate surface area is 87.0 Å². The fourth-order valence-electron chi connectivity index (χ4n) is 1.67. The number of nitrogens with zero attached hydrogens (tertiary/aromatic N) is 3. The van der Waals surface area contributed by atoms with E-state index >= 15 is 0 Å². The molecule has 72 valence electrons. The molecule has 3 rings (SSSR count). The Morgan fingerprint density at radius 2 is 2.07 bits per heavy atom. The third-order valence-electron chi connectivity index (χ3n) is 2.38. The van der Waals surface area contributed by atoms with Gasteiger partial charge in [-0.3, -0.25) is 4.98 Å². The van der Waals surface area contributed by atoms with Crippen LogP contribution in [0.2, 0.25) is 0 Å². The van der Waals surface area contributed by atoms with E-state index in [2.05, 4.69) is 16.0 Å². The van der Waals surface area contributed by atoms with Gasteiger partial charge in [-0.15, -0.1) is 0 Å². The third kappa shape index (κ3) is 1.29. The number of fused-ring (bicyclic) bond motifs is 1. The van der Waals surface area contributed by atoms with Crippen LogP contribution in [0.25, 0.3) is 16.8 Å². The zero-order valence-electron chi connectivity index (χ0n) is 8.04. The third-order valence-corrected chi connectivity index (χ3v) is 2.38. The molecule has 0 fully saturated rings. The zero-order valence-corrected chi connectivity index (χ0v) is 8.04. The van der Waals surface area contributed by atoms with Crippen molar-refractivity contribution in [3.8, 4) is 11.3 Å². The monoisotopic (exact) mass is 195 g/mol. The molecule has 0 atom stereocenters. The van der Waals surface area contributed by atoms with Gasteiger partial charge in [0.1, 0.15) is 0 Å². The van der Waals surface area contributed by atoms with Crippen molar-refractivity contribution in [2.24, 2.45) is 0 Å². The van der Waals surface area contributed by atoms with Crippen LogP contribution in [0.5, 0.6) is 0 Å². The molecule has 15 heavy (non-hydrogen) atoms. The van der Waals surface area contributed by atoms with Gasteiger partial charge in [0, 0.05) is 24.2 Å². The first-order chi connectivity index (χ1) is 7.45. The van der Waals surface area contributed by atoms with E-state index < -0.39 is 0 Å². The van der Waals surface area contributed by atoms with Crippen LogP contribution in [0.15, 0.2) is 55.2 Å². The molecule has 3 nitrogen and oxygen atoms in total. The molecule has 0 amide bonds. The Morgan fingerprint density at radius 3 is 2.93 bits per heavy atom. The molecule has 0 unspecified atom stereocenters. The molecule has 3 heteroatoms. The second kappa shape index (κ2) is 3.20. The summed E-state index contributed by atoms with van der Waals surface area (Å²) in [7, 11) is 0. The van der Waals surface area contributed by atoms with E-state index in [1.807, 2.05) is 47.4 Å². The smallest absolute Gasteiger partial charge is 0.0999 e. The second-order valence-corrected chi connectivity index (χ2v) is 3.33. The van der Waals surface area contributed by atoms with E-state index in [1.54, 1.807) is 6.20 Å². The Bertz CT molecular complexity index is 584. The maximum Gasteiger partial charge on any atom is 0.0999 e. The van der Waals surface area contributed by atoms with Crippen molar-refractivity contribution in [1.82, 2.24) is 14.4 Å². The molecule has 3 aromatic rings. The van der Waals surface area contributed by atoms with Gasteiger partial charge in [0.25, 0.3) is 0 Å². The summed E-state index contributed by atoms with van der Waals surface area (Å²) in [4.78, 5) is 8.49. The highest BCUT2D eigenvalue weighted by molar-refractivity contribution is 5.76. The van der Waals surface area contributed by atoms with Gasteiger partial charge >= 0.3 is 0 Å². The van der Waals surface area contributed by atoms with Crippen molar-refractivity contribution in [1.29, 1.82) is 0 Å². The lowest BCUT2D eigenvalue weighted by atomic mass is 10.2. The van der Waals surface area contributed by atoms with Gasteiger partial charge in [-0.05, 0) is 24.3 Å². The molecule has 0 aromatic carbocycles. The van der Waals surface area contributed by atoms with E-state index in [0.717, 1.165) is 16.8 Å². The van der Waals surface area contributed by atoms with Gasteiger partial charge in [-0.2, -0.15) is 0 Å². The lowest BCUT2D eigenvalue weighted by molar-refractivity contribution is 1.15. The highest BCUT2D eigenvalue weighted by Gasteiger charge is 2.05. The summed E-state index contributed by atoms with van der Waals surface area (Å²) in [5, 5.41) is 0. The predicted molar refractivity (Wildman–Crippen MR) is 58.4 cm³/mol. The minimum absolute atomic E-state index is 0.976. The Hall–Kier alpha value is -2.16. The van der Waals surface area contributed by atoms with Gasteiger partial charge in [-0.25, -0.2) is 4.98 Å². The summed E-state index contributed by atoms with van der Waals surface area (Å²) in [5.74, 6) is 0. The lowest BCUT2D eigenvalue weighted by Crippen LogP contribution is -1.81. The number of hydrogen-bond donors (Lipinski definition) is 0. The SMILES string of the molecule is c1cncc(-c2ncn3ccccc23)c1. The molecule has 0 aliphatic heterocycles. The van der Waals surface area contributed by atoms with Crippen molar-refractivity contribution < 1.29 is 0 Å². The Morgan fingerprint density at radius 1 is 1.07 bits per heavy atom. The number of hydrogen-bond acceptors (Lipinski definition) is 2. The number of pyridine rings is 2. The second-order valence-electron chi connectivity index (χ2n) is 3.33. The van der Waals surface area contributed by atoms with Crippen LogP contribution in [0.3, 0.4) is 0 Å². The van der Waals surface area contributed by atoms with Crippen molar-refractivity contribution >= 4 is 5.52 Å². The van der Waals surface area contributed by atoms with Crippen LogP contribution >= 0.6 is 0 Å². The Kier molecular flexibility index (Phi) is 1.75. The maximum atomic E-state index is 4.39. The average Bonchev–Trinajstić information content (AvgIpc) is 2.74. The van der Waals surface area contributed by atoms with E-state index in [0.29, 0.717) is 0 Å². The van der Waals surface area contributed by atoms with Gasteiger partial charge in [-0.1, -0.05) is 6.07 Å². The highest BCUT2D eigenvalue weighted by atomic mass is 15.0. The van der Waals surface area contributed by atoms with Crippen molar-refractivity contribution in [3.63, 3.8) is 0 Å². The quantitative estimate of drug-likeness (QED) is 0.596. The lowest BCUT2D eigenvalue weighted by Gasteiger charge is -1.97. The Balaban J connectivity index is 2.28. The van der Waals surface area contributed by atoms with Crippen LogP contribution < -0.4 is 0 Å². The van der Waals surface area contributed by atoms with Gasteiger partial charge < -0.3 is 4.40 Å². The van der Waals surface area contributed by atoms with Crippen LogP contribution in [0, 0.1) is 0 Å². The summed E-state index contributed by atoms with van der Waals surface area (Å²) >= 11 is 0. The van der Waals surface area contributed by atoms with Crippen LogP contribution in [0.4, 0.5) is 0 Å². The number of imidazole rings is 1. The average molecular weight is 195 g/mol. The van der Waals surface area contributed by atoms with Gasteiger partial charge in [0.15, 0.2) is 0 Å². The minimum atomic E-state index is 0.976. The molecule has 0 saturated carbocycles. The molecule has 3 aromatic heterocycles. The van der Waals surface area contributed by atoms with Crippen molar-refractivity contribution in [3.05, 3.63) is 55.2 Å². The molecular weight excluding hydrogens is 186 g/mol. The molecule has 0 bridgehead atoms. The van der Waals surface area contributed by atoms with E-state index in [1.165, 1.54) is 0 Å². The first-order valence-electron chi connectivity index (χ1n) is 4.77.